The Balaban J connectivity index is 1.35. The van der Waals surface area contributed by atoms with Gasteiger partial charge in [-0.3, -0.25) is 19.5 Å². The van der Waals surface area contributed by atoms with Gasteiger partial charge in [-0.05, 0) is 66.6 Å². The van der Waals surface area contributed by atoms with Crippen molar-refractivity contribution in [2.24, 2.45) is 5.10 Å². The lowest BCUT2D eigenvalue weighted by Crippen LogP contribution is -2.34. The molecule has 1 saturated heterocycles. The van der Waals surface area contributed by atoms with Crippen LogP contribution < -0.4 is 5.32 Å². The van der Waals surface area contributed by atoms with E-state index in [1.54, 1.807) is 0 Å². The second kappa shape index (κ2) is 9.75. The van der Waals surface area contributed by atoms with Gasteiger partial charge in [-0.2, -0.15) is 5.10 Å². The highest BCUT2D eigenvalue weighted by molar-refractivity contribution is 6.04. The first-order valence-corrected chi connectivity index (χ1v) is 10.8. The van der Waals surface area contributed by atoms with Crippen LogP contribution in [0, 0.1) is 0 Å². The average molecular weight is 421 g/mol. The zero-order valence-corrected chi connectivity index (χ0v) is 17.6. The molecule has 7 heteroatoms. The summed E-state index contributed by atoms with van der Waals surface area (Å²) in [6.07, 6.45) is 6.30. The molecule has 0 unspecified atom stereocenters. The minimum Gasteiger partial charge on any atom is -0.480 e. The van der Waals surface area contributed by atoms with Crippen molar-refractivity contribution in [2.75, 3.05) is 31.5 Å². The zero-order valence-electron chi connectivity index (χ0n) is 17.6. The molecule has 0 aromatic heterocycles. The number of carboxylic acids is 1. The fourth-order valence-corrected chi connectivity index (χ4v) is 4.08. The standard InChI is InChI=1S/C24H28N4O3/c29-23(30)17-27-13-10-20-14-22(9-8-21(20)16-27)26-24(31)19-6-4-18(5-7-19)15-25-28-11-2-1-3-12-28/h4-9,14-15H,1-3,10-13,16-17H2,(H,26,31)(H,29,30). The fourth-order valence-electron chi connectivity index (χ4n) is 4.08. The number of carbonyl (C=O) groups is 2. The van der Waals surface area contributed by atoms with E-state index in [2.05, 4.69) is 15.4 Å². The number of benzene rings is 2. The molecule has 4 rings (SSSR count). The summed E-state index contributed by atoms with van der Waals surface area (Å²) in [4.78, 5) is 25.5. The number of hydrogen-bond acceptors (Lipinski definition) is 5. The lowest BCUT2D eigenvalue weighted by molar-refractivity contribution is -0.138. The largest absolute Gasteiger partial charge is 0.480 e. The van der Waals surface area contributed by atoms with Gasteiger partial charge in [0.2, 0.25) is 0 Å². The smallest absolute Gasteiger partial charge is 0.317 e. The van der Waals surface area contributed by atoms with Crippen LogP contribution in [0.1, 0.15) is 46.3 Å². The van der Waals surface area contributed by atoms with Crippen LogP contribution in [0.4, 0.5) is 5.69 Å². The minimum atomic E-state index is -0.809. The highest BCUT2D eigenvalue weighted by atomic mass is 16.4. The molecule has 0 atom stereocenters. The maximum atomic E-state index is 12.6. The first kappa shape index (κ1) is 21.1. The molecule has 0 aliphatic carbocycles. The van der Waals surface area contributed by atoms with Gasteiger partial charge in [0.25, 0.3) is 5.91 Å². The summed E-state index contributed by atoms with van der Waals surface area (Å²) in [6.45, 7) is 3.40. The van der Waals surface area contributed by atoms with Gasteiger partial charge in [0.1, 0.15) is 0 Å². The van der Waals surface area contributed by atoms with Crippen LogP contribution in [0.2, 0.25) is 0 Å². The van der Waals surface area contributed by atoms with Crippen molar-refractivity contribution in [1.29, 1.82) is 0 Å². The number of hydrogen-bond donors (Lipinski definition) is 2. The highest BCUT2D eigenvalue weighted by Gasteiger charge is 2.18. The second-order valence-corrected chi connectivity index (χ2v) is 8.17. The fraction of sp³-hybridized carbons (Fsp3) is 0.375. The number of nitrogens with zero attached hydrogens (tertiary/aromatic N) is 3. The molecule has 2 aromatic rings. The van der Waals surface area contributed by atoms with Crippen LogP contribution >= 0.6 is 0 Å². The molecule has 31 heavy (non-hydrogen) atoms. The van der Waals surface area contributed by atoms with E-state index in [1.165, 1.54) is 19.3 Å². The van der Waals surface area contributed by atoms with Gasteiger partial charge in [0.15, 0.2) is 0 Å². The number of carboxylic acid groups (broad SMARTS) is 1. The van der Waals surface area contributed by atoms with Crippen LogP contribution in [-0.2, 0) is 17.8 Å². The van der Waals surface area contributed by atoms with E-state index in [1.807, 2.05) is 53.6 Å². The summed E-state index contributed by atoms with van der Waals surface area (Å²) in [5, 5.41) is 18.6. The third-order valence-electron chi connectivity index (χ3n) is 5.79. The van der Waals surface area contributed by atoms with E-state index in [9.17, 15) is 9.59 Å². The molecule has 2 heterocycles. The van der Waals surface area contributed by atoms with E-state index >= 15 is 0 Å². The molecule has 7 nitrogen and oxygen atoms in total. The van der Waals surface area contributed by atoms with Crippen LogP contribution in [0.5, 0.6) is 0 Å². The molecule has 1 fully saturated rings. The van der Waals surface area contributed by atoms with E-state index < -0.39 is 5.97 Å². The van der Waals surface area contributed by atoms with Crippen LogP contribution in [0.3, 0.4) is 0 Å². The Morgan fingerprint density at radius 3 is 2.52 bits per heavy atom. The number of aliphatic carboxylic acids is 1. The molecule has 2 aliphatic heterocycles. The molecule has 0 radical (unpaired) electrons. The monoisotopic (exact) mass is 420 g/mol. The first-order valence-electron chi connectivity index (χ1n) is 10.8. The van der Waals surface area contributed by atoms with Crippen molar-refractivity contribution >= 4 is 23.8 Å². The Morgan fingerprint density at radius 1 is 1.00 bits per heavy atom. The number of nitrogens with one attached hydrogen (secondary N) is 1. The van der Waals surface area contributed by atoms with Gasteiger partial charge in [-0.1, -0.05) is 18.2 Å². The van der Waals surface area contributed by atoms with Crippen molar-refractivity contribution in [3.8, 4) is 0 Å². The minimum absolute atomic E-state index is 0.0522. The van der Waals surface area contributed by atoms with Crippen molar-refractivity contribution in [1.82, 2.24) is 9.91 Å². The summed E-state index contributed by atoms with van der Waals surface area (Å²) >= 11 is 0. The topological polar surface area (TPSA) is 85.2 Å². The van der Waals surface area contributed by atoms with Crippen molar-refractivity contribution in [2.45, 2.75) is 32.2 Å². The van der Waals surface area contributed by atoms with Crippen LogP contribution in [0.25, 0.3) is 0 Å². The second-order valence-electron chi connectivity index (χ2n) is 8.17. The van der Waals surface area contributed by atoms with Gasteiger partial charge in [-0.25, -0.2) is 0 Å². The molecule has 162 valence electrons. The summed E-state index contributed by atoms with van der Waals surface area (Å²) in [7, 11) is 0. The lowest BCUT2D eigenvalue weighted by Gasteiger charge is -2.27. The first-order chi connectivity index (χ1) is 15.1. The number of amides is 1. The van der Waals surface area contributed by atoms with Crippen LogP contribution in [-0.4, -0.2) is 59.3 Å². The Hall–Kier alpha value is -3.19. The molecule has 1 amide bonds. The Morgan fingerprint density at radius 2 is 1.77 bits per heavy atom. The van der Waals surface area contributed by atoms with E-state index in [0.717, 1.165) is 41.9 Å². The molecule has 2 N–H and O–H groups in total. The molecular weight excluding hydrogens is 392 g/mol. The van der Waals surface area contributed by atoms with E-state index in [4.69, 9.17) is 5.11 Å². The zero-order chi connectivity index (χ0) is 21.6. The molecular formula is C24H28N4O3. The molecule has 0 saturated carbocycles. The molecule has 2 aliphatic rings. The number of fused-ring (bicyclic) bond motifs is 1. The summed E-state index contributed by atoms with van der Waals surface area (Å²) in [5.74, 6) is -0.959. The third kappa shape index (κ3) is 5.70. The lowest BCUT2D eigenvalue weighted by atomic mass is 9.99. The van der Waals surface area contributed by atoms with Gasteiger partial charge in [0, 0.05) is 37.4 Å². The van der Waals surface area contributed by atoms with Crippen molar-refractivity contribution in [3.63, 3.8) is 0 Å². The van der Waals surface area contributed by atoms with Gasteiger partial charge < -0.3 is 10.4 Å². The van der Waals surface area contributed by atoms with Crippen molar-refractivity contribution < 1.29 is 14.7 Å². The third-order valence-corrected chi connectivity index (χ3v) is 5.79. The Bertz CT molecular complexity index is 965. The van der Waals surface area contributed by atoms with E-state index in [0.29, 0.717) is 18.7 Å². The Labute approximate surface area is 182 Å². The summed E-state index contributed by atoms with van der Waals surface area (Å²) in [6, 6.07) is 13.3. The number of rotatable bonds is 6. The highest BCUT2D eigenvalue weighted by Crippen LogP contribution is 2.23. The summed E-state index contributed by atoms with van der Waals surface area (Å²) < 4.78 is 0. The predicted molar refractivity (Wildman–Crippen MR) is 120 cm³/mol. The SMILES string of the molecule is O=C(O)CN1CCc2cc(NC(=O)c3ccc(C=NN4CCCCC4)cc3)ccc2C1. The summed E-state index contributed by atoms with van der Waals surface area (Å²) in [5.41, 5.74) is 4.60. The number of anilines is 1. The number of carbonyl (C=O) groups excluding carboxylic acids is 1. The van der Waals surface area contributed by atoms with Crippen molar-refractivity contribution in [3.05, 3.63) is 64.7 Å². The molecule has 0 bridgehead atoms. The van der Waals surface area contributed by atoms with Gasteiger partial charge >= 0.3 is 5.97 Å². The maximum Gasteiger partial charge on any atom is 0.317 e. The van der Waals surface area contributed by atoms with Gasteiger partial charge in [0.05, 0.1) is 12.8 Å². The predicted octanol–water partition coefficient (Wildman–Crippen LogP) is 3.20. The quantitative estimate of drug-likeness (QED) is 0.701. The van der Waals surface area contributed by atoms with E-state index in [-0.39, 0.29) is 12.5 Å². The van der Waals surface area contributed by atoms with Gasteiger partial charge in [-0.15, -0.1) is 0 Å². The Kier molecular flexibility index (Phi) is 6.62. The number of piperidine rings is 1. The van der Waals surface area contributed by atoms with Crippen LogP contribution in [0.15, 0.2) is 47.6 Å². The average Bonchev–Trinajstić information content (AvgIpc) is 2.78. The number of hydrazone groups is 1. The molecule has 0 spiro atoms. The molecule has 2 aromatic carbocycles. The normalized spacial score (nSPS) is 16.8. The maximum absolute atomic E-state index is 12.6.